The standard InChI is InChI=1S/C11H14FN/c1-9(5-6-13)7-10-3-2-4-11(12)8-10/h2-4,8H,1,5-7,13H2. The van der Waals surface area contributed by atoms with Gasteiger partial charge in [0.15, 0.2) is 0 Å². The number of hydrogen-bond donors (Lipinski definition) is 1. The zero-order chi connectivity index (χ0) is 9.68. The molecule has 2 N–H and O–H groups in total. The molecule has 0 bridgehead atoms. The number of rotatable bonds is 4. The molecule has 0 aliphatic rings. The highest BCUT2D eigenvalue weighted by Gasteiger charge is 1.97. The second-order valence-electron chi connectivity index (χ2n) is 3.10. The third-order valence-corrected chi connectivity index (χ3v) is 1.84. The first-order valence-corrected chi connectivity index (χ1v) is 4.33. The Morgan fingerprint density at radius 3 is 2.85 bits per heavy atom. The lowest BCUT2D eigenvalue weighted by Crippen LogP contribution is -2.01. The molecule has 13 heavy (non-hydrogen) atoms. The van der Waals surface area contributed by atoms with Gasteiger partial charge in [-0.3, -0.25) is 0 Å². The minimum absolute atomic E-state index is 0.196. The van der Waals surface area contributed by atoms with Gasteiger partial charge in [-0.2, -0.15) is 0 Å². The molecule has 0 heterocycles. The van der Waals surface area contributed by atoms with Gasteiger partial charge in [0.2, 0.25) is 0 Å². The van der Waals surface area contributed by atoms with Crippen molar-refractivity contribution in [3.8, 4) is 0 Å². The first kappa shape index (κ1) is 9.93. The van der Waals surface area contributed by atoms with E-state index in [1.54, 1.807) is 6.07 Å². The van der Waals surface area contributed by atoms with E-state index in [1.165, 1.54) is 12.1 Å². The second kappa shape index (κ2) is 4.77. The predicted molar refractivity (Wildman–Crippen MR) is 52.9 cm³/mol. The largest absolute Gasteiger partial charge is 0.330 e. The molecule has 1 rings (SSSR count). The third-order valence-electron chi connectivity index (χ3n) is 1.84. The van der Waals surface area contributed by atoms with Crippen LogP contribution in [0.15, 0.2) is 36.4 Å². The Morgan fingerprint density at radius 2 is 2.23 bits per heavy atom. The zero-order valence-electron chi connectivity index (χ0n) is 7.59. The van der Waals surface area contributed by atoms with Gasteiger partial charge in [0.25, 0.3) is 0 Å². The van der Waals surface area contributed by atoms with Crippen LogP contribution in [0.1, 0.15) is 12.0 Å². The molecule has 0 atom stereocenters. The van der Waals surface area contributed by atoms with Crippen LogP contribution in [0.2, 0.25) is 0 Å². The lowest BCUT2D eigenvalue weighted by Gasteiger charge is -2.03. The summed E-state index contributed by atoms with van der Waals surface area (Å²) in [6, 6.07) is 6.57. The molecule has 0 fully saturated rings. The van der Waals surface area contributed by atoms with Crippen molar-refractivity contribution in [3.05, 3.63) is 47.8 Å². The maximum Gasteiger partial charge on any atom is 0.123 e. The maximum atomic E-state index is 12.7. The van der Waals surface area contributed by atoms with Crippen LogP contribution in [-0.4, -0.2) is 6.54 Å². The summed E-state index contributed by atoms with van der Waals surface area (Å²) in [6.07, 6.45) is 1.52. The van der Waals surface area contributed by atoms with E-state index in [4.69, 9.17) is 5.73 Å². The number of hydrogen-bond acceptors (Lipinski definition) is 1. The molecule has 70 valence electrons. The van der Waals surface area contributed by atoms with E-state index in [0.29, 0.717) is 6.54 Å². The summed E-state index contributed by atoms with van der Waals surface area (Å²) < 4.78 is 12.7. The average molecular weight is 179 g/mol. The highest BCUT2D eigenvalue weighted by atomic mass is 19.1. The highest BCUT2D eigenvalue weighted by molar-refractivity contribution is 5.21. The van der Waals surface area contributed by atoms with Gasteiger partial charge in [0.1, 0.15) is 5.82 Å². The summed E-state index contributed by atoms with van der Waals surface area (Å²) in [5, 5.41) is 0. The summed E-state index contributed by atoms with van der Waals surface area (Å²) >= 11 is 0. The van der Waals surface area contributed by atoms with E-state index in [2.05, 4.69) is 6.58 Å². The molecule has 0 spiro atoms. The van der Waals surface area contributed by atoms with E-state index >= 15 is 0 Å². The van der Waals surface area contributed by atoms with Gasteiger partial charge in [0.05, 0.1) is 0 Å². The minimum atomic E-state index is -0.196. The molecule has 1 aromatic rings. The average Bonchev–Trinajstić information content (AvgIpc) is 2.04. The Morgan fingerprint density at radius 1 is 1.46 bits per heavy atom. The van der Waals surface area contributed by atoms with Gasteiger partial charge in [-0.25, -0.2) is 4.39 Å². The number of benzene rings is 1. The number of nitrogens with two attached hydrogens (primary N) is 1. The van der Waals surface area contributed by atoms with Crippen molar-refractivity contribution in [2.24, 2.45) is 5.73 Å². The van der Waals surface area contributed by atoms with Gasteiger partial charge in [0, 0.05) is 0 Å². The van der Waals surface area contributed by atoms with E-state index in [9.17, 15) is 4.39 Å². The molecular formula is C11H14FN. The number of halogens is 1. The Bertz CT molecular complexity index is 294. The van der Waals surface area contributed by atoms with Crippen molar-refractivity contribution in [1.29, 1.82) is 0 Å². The Balaban J connectivity index is 2.58. The smallest absolute Gasteiger partial charge is 0.123 e. The van der Waals surface area contributed by atoms with E-state index < -0.39 is 0 Å². The van der Waals surface area contributed by atoms with E-state index in [-0.39, 0.29) is 5.82 Å². The molecule has 0 unspecified atom stereocenters. The van der Waals surface area contributed by atoms with Crippen molar-refractivity contribution in [2.75, 3.05) is 6.54 Å². The molecule has 1 nitrogen and oxygen atoms in total. The Hall–Kier alpha value is -1.15. The van der Waals surface area contributed by atoms with Gasteiger partial charge in [-0.1, -0.05) is 24.3 Å². The third kappa shape index (κ3) is 3.38. The molecule has 0 aromatic heterocycles. The van der Waals surface area contributed by atoms with Crippen molar-refractivity contribution in [2.45, 2.75) is 12.8 Å². The topological polar surface area (TPSA) is 26.0 Å². The van der Waals surface area contributed by atoms with Crippen molar-refractivity contribution in [3.63, 3.8) is 0 Å². The quantitative estimate of drug-likeness (QED) is 0.705. The summed E-state index contributed by atoms with van der Waals surface area (Å²) in [4.78, 5) is 0. The lowest BCUT2D eigenvalue weighted by atomic mass is 10.0. The van der Waals surface area contributed by atoms with Crippen LogP contribution in [0.4, 0.5) is 4.39 Å². The van der Waals surface area contributed by atoms with Gasteiger partial charge >= 0.3 is 0 Å². The van der Waals surface area contributed by atoms with Crippen molar-refractivity contribution < 1.29 is 4.39 Å². The molecule has 0 saturated heterocycles. The zero-order valence-corrected chi connectivity index (χ0v) is 7.59. The lowest BCUT2D eigenvalue weighted by molar-refractivity contribution is 0.626. The van der Waals surface area contributed by atoms with Gasteiger partial charge < -0.3 is 5.73 Å². The van der Waals surface area contributed by atoms with Crippen LogP contribution in [0.3, 0.4) is 0 Å². The van der Waals surface area contributed by atoms with E-state index in [1.807, 2.05) is 6.07 Å². The summed E-state index contributed by atoms with van der Waals surface area (Å²) in [6.45, 7) is 4.47. The molecule has 0 amide bonds. The predicted octanol–water partition coefficient (Wildman–Crippen LogP) is 2.27. The fourth-order valence-corrected chi connectivity index (χ4v) is 1.23. The fourth-order valence-electron chi connectivity index (χ4n) is 1.23. The summed E-state index contributed by atoms with van der Waals surface area (Å²) in [5.41, 5.74) is 7.38. The minimum Gasteiger partial charge on any atom is -0.330 e. The molecule has 0 aliphatic carbocycles. The van der Waals surface area contributed by atoms with Crippen LogP contribution in [0.25, 0.3) is 0 Å². The molecule has 0 saturated carbocycles. The van der Waals surface area contributed by atoms with Crippen LogP contribution in [0, 0.1) is 5.82 Å². The SMILES string of the molecule is C=C(CCN)Cc1cccc(F)c1. The highest BCUT2D eigenvalue weighted by Crippen LogP contribution is 2.10. The van der Waals surface area contributed by atoms with Crippen LogP contribution >= 0.6 is 0 Å². The van der Waals surface area contributed by atoms with Crippen molar-refractivity contribution >= 4 is 0 Å². The molecule has 0 radical (unpaired) electrons. The first-order chi connectivity index (χ1) is 6.22. The summed E-state index contributed by atoms with van der Waals surface area (Å²) in [7, 11) is 0. The van der Waals surface area contributed by atoms with Crippen LogP contribution < -0.4 is 5.73 Å². The second-order valence-corrected chi connectivity index (χ2v) is 3.10. The van der Waals surface area contributed by atoms with E-state index in [0.717, 1.165) is 24.0 Å². The molecule has 2 heteroatoms. The van der Waals surface area contributed by atoms with Crippen LogP contribution in [-0.2, 0) is 6.42 Å². The van der Waals surface area contributed by atoms with Crippen molar-refractivity contribution in [1.82, 2.24) is 0 Å². The van der Waals surface area contributed by atoms with Gasteiger partial charge in [-0.05, 0) is 37.1 Å². The summed E-state index contributed by atoms with van der Waals surface area (Å²) in [5.74, 6) is -0.196. The normalized spacial score (nSPS) is 10.0. The molecule has 1 aromatic carbocycles. The molecular weight excluding hydrogens is 165 g/mol. The molecule has 0 aliphatic heterocycles. The maximum absolute atomic E-state index is 12.7. The van der Waals surface area contributed by atoms with Crippen LogP contribution in [0.5, 0.6) is 0 Å². The monoisotopic (exact) mass is 179 g/mol. The van der Waals surface area contributed by atoms with Gasteiger partial charge in [-0.15, -0.1) is 0 Å². The fraction of sp³-hybridized carbons (Fsp3) is 0.273. The Kier molecular flexibility index (Phi) is 3.65. The Labute approximate surface area is 78.1 Å². The first-order valence-electron chi connectivity index (χ1n) is 4.33.